The summed E-state index contributed by atoms with van der Waals surface area (Å²) >= 11 is 0. The molecule has 3 atom stereocenters. The SMILES string of the molecule is CC(C)S(=O)(=O)N1CCC2(CCN([C@H]3CO[C@H](c4cc(F)c#cc4F)[C@@H](N)C3)C2)CC1. The highest BCUT2D eigenvalue weighted by Crippen LogP contribution is 2.43. The quantitative estimate of drug-likeness (QED) is 0.754. The van der Waals surface area contributed by atoms with Gasteiger partial charge in [0.15, 0.2) is 11.6 Å². The monoisotopic (exact) mass is 455 g/mol. The Bertz CT molecular complexity index is 903. The highest BCUT2D eigenvalue weighted by Gasteiger charge is 2.46. The third kappa shape index (κ3) is 4.46. The van der Waals surface area contributed by atoms with Gasteiger partial charge in [0.2, 0.25) is 10.0 Å². The summed E-state index contributed by atoms with van der Waals surface area (Å²) in [6.45, 7) is 6.81. The Kier molecular flexibility index (Phi) is 6.32. The Morgan fingerprint density at radius 2 is 1.87 bits per heavy atom. The van der Waals surface area contributed by atoms with Gasteiger partial charge in [0.05, 0.1) is 11.9 Å². The van der Waals surface area contributed by atoms with Crippen molar-refractivity contribution in [2.45, 2.75) is 63.0 Å². The first-order valence-electron chi connectivity index (χ1n) is 11.0. The van der Waals surface area contributed by atoms with Gasteiger partial charge in [0.1, 0.15) is 6.10 Å². The molecule has 0 aromatic heterocycles. The van der Waals surface area contributed by atoms with Crippen LogP contribution in [0.4, 0.5) is 8.78 Å². The van der Waals surface area contributed by atoms with E-state index in [2.05, 4.69) is 17.0 Å². The van der Waals surface area contributed by atoms with E-state index in [4.69, 9.17) is 10.5 Å². The molecular formula is C22H31F2N3O3S. The molecule has 6 nitrogen and oxygen atoms in total. The maximum atomic E-state index is 14.1. The molecule has 3 fully saturated rings. The Morgan fingerprint density at radius 1 is 1.19 bits per heavy atom. The standard InChI is InChI=1S/C22H31F2N3O3S/c1-15(2)31(28,29)27-9-6-22(7-10-27)5-8-26(14-22)17-12-20(25)21(30-13-17)18-11-16(23)3-4-19(18)24/h11,15,17,20-21H,5-10,12-14,25H2,1-2H3/t17-,20+,21-/m1/s1. The number of rotatable bonds is 4. The molecule has 0 saturated carbocycles. The van der Waals surface area contributed by atoms with Gasteiger partial charge in [0.25, 0.3) is 0 Å². The third-order valence-corrected chi connectivity index (χ3v) is 9.53. The van der Waals surface area contributed by atoms with E-state index >= 15 is 0 Å². The van der Waals surface area contributed by atoms with E-state index in [1.807, 2.05) is 0 Å². The van der Waals surface area contributed by atoms with Crippen molar-refractivity contribution < 1.29 is 21.9 Å². The first-order chi connectivity index (χ1) is 14.6. The summed E-state index contributed by atoms with van der Waals surface area (Å²) in [5.41, 5.74) is 6.54. The molecular weight excluding hydrogens is 424 g/mol. The summed E-state index contributed by atoms with van der Waals surface area (Å²) in [5, 5.41) is -0.395. The fourth-order valence-electron chi connectivity index (χ4n) is 5.25. The summed E-state index contributed by atoms with van der Waals surface area (Å²) in [6, 6.07) is 5.00. The highest BCUT2D eigenvalue weighted by atomic mass is 32.2. The second-order valence-corrected chi connectivity index (χ2v) is 12.0. The van der Waals surface area contributed by atoms with Crippen LogP contribution in [0.3, 0.4) is 0 Å². The van der Waals surface area contributed by atoms with E-state index in [1.54, 1.807) is 18.2 Å². The summed E-state index contributed by atoms with van der Waals surface area (Å²) < 4.78 is 60.0. The number of nitrogens with zero attached hydrogens (tertiary/aromatic N) is 2. The van der Waals surface area contributed by atoms with Crippen LogP contribution in [0.1, 0.15) is 51.2 Å². The van der Waals surface area contributed by atoms with E-state index in [9.17, 15) is 17.2 Å². The van der Waals surface area contributed by atoms with Crippen LogP contribution in [0.2, 0.25) is 0 Å². The molecule has 4 rings (SSSR count). The van der Waals surface area contributed by atoms with Crippen LogP contribution < -0.4 is 5.73 Å². The van der Waals surface area contributed by atoms with Crippen LogP contribution >= 0.6 is 0 Å². The predicted molar refractivity (Wildman–Crippen MR) is 113 cm³/mol. The van der Waals surface area contributed by atoms with Crippen LogP contribution in [-0.4, -0.2) is 67.7 Å². The molecule has 0 unspecified atom stereocenters. The molecule has 172 valence electrons. The summed E-state index contributed by atoms with van der Waals surface area (Å²) in [6.07, 6.45) is 2.68. The van der Waals surface area contributed by atoms with Crippen molar-refractivity contribution in [1.82, 2.24) is 9.21 Å². The average Bonchev–Trinajstić information content (AvgIpc) is 3.13. The molecule has 0 radical (unpaired) electrons. The number of sulfonamides is 1. The van der Waals surface area contributed by atoms with Gasteiger partial charge in [-0.3, -0.25) is 4.90 Å². The summed E-state index contributed by atoms with van der Waals surface area (Å²) in [5.74, 6) is -1.36. The van der Waals surface area contributed by atoms with E-state index in [0.717, 1.165) is 38.4 Å². The van der Waals surface area contributed by atoms with Gasteiger partial charge < -0.3 is 10.5 Å². The second kappa shape index (κ2) is 8.56. The number of likely N-dealkylation sites (tertiary alicyclic amines) is 1. The molecule has 9 heteroatoms. The molecule has 1 aromatic carbocycles. The minimum atomic E-state index is -3.21. The number of halogens is 2. The number of nitrogens with two attached hydrogens (primary N) is 1. The van der Waals surface area contributed by atoms with Crippen molar-refractivity contribution in [3.63, 3.8) is 0 Å². The van der Waals surface area contributed by atoms with Gasteiger partial charge in [-0.2, -0.15) is 8.78 Å². The van der Waals surface area contributed by atoms with Gasteiger partial charge in [-0.05, 0) is 69.7 Å². The predicted octanol–water partition coefficient (Wildman–Crippen LogP) is 2.25. The fourth-order valence-corrected chi connectivity index (χ4v) is 6.54. The zero-order chi connectivity index (χ0) is 22.4. The lowest BCUT2D eigenvalue weighted by atomic mass is 9.78. The van der Waals surface area contributed by atoms with E-state index < -0.39 is 39.1 Å². The van der Waals surface area contributed by atoms with Gasteiger partial charge in [-0.25, -0.2) is 12.7 Å². The molecule has 1 spiro atoms. The van der Waals surface area contributed by atoms with E-state index in [1.165, 1.54) is 0 Å². The van der Waals surface area contributed by atoms with Gasteiger partial charge in [0, 0.05) is 37.3 Å². The van der Waals surface area contributed by atoms with Gasteiger partial charge in [-0.1, -0.05) is 0 Å². The lowest BCUT2D eigenvalue weighted by Gasteiger charge is -2.41. The molecule has 3 aliphatic heterocycles. The zero-order valence-corrected chi connectivity index (χ0v) is 18.9. The Labute approximate surface area is 183 Å². The van der Waals surface area contributed by atoms with Crippen LogP contribution in [-0.2, 0) is 14.8 Å². The maximum absolute atomic E-state index is 14.1. The van der Waals surface area contributed by atoms with Crippen molar-refractivity contribution in [2.75, 3.05) is 32.8 Å². The minimum Gasteiger partial charge on any atom is -0.370 e. The largest absolute Gasteiger partial charge is 0.370 e. The third-order valence-electron chi connectivity index (χ3n) is 7.26. The van der Waals surface area contributed by atoms with Crippen molar-refractivity contribution in [2.24, 2.45) is 11.1 Å². The lowest BCUT2D eigenvalue weighted by molar-refractivity contribution is -0.0497. The molecule has 3 aliphatic rings. The first-order valence-corrected chi connectivity index (χ1v) is 12.5. The normalized spacial score (nSPS) is 30.1. The van der Waals surface area contributed by atoms with Crippen LogP contribution in [0.25, 0.3) is 0 Å². The first kappa shape index (κ1) is 22.9. The highest BCUT2D eigenvalue weighted by molar-refractivity contribution is 7.89. The molecule has 1 aromatic rings. The molecule has 3 heterocycles. The van der Waals surface area contributed by atoms with Crippen LogP contribution in [0.5, 0.6) is 0 Å². The molecule has 31 heavy (non-hydrogen) atoms. The zero-order valence-electron chi connectivity index (χ0n) is 18.1. The van der Waals surface area contributed by atoms with Gasteiger partial charge in [-0.15, -0.1) is 0 Å². The van der Waals surface area contributed by atoms with E-state index in [-0.39, 0.29) is 17.0 Å². The summed E-state index contributed by atoms with van der Waals surface area (Å²) in [4.78, 5) is 2.38. The van der Waals surface area contributed by atoms with E-state index in [0.29, 0.717) is 26.1 Å². The Hall–Kier alpha value is -1.31. The fraction of sp³-hybridized carbons (Fsp3) is 0.727. The Morgan fingerprint density at radius 3 is 2.52 bits per heavy atom. The minimum absolute atomic E-state index is 0.0961. The van der Waals surface area contributed by atoms with Gasteiger partial charge >= 0.3 is 0 Å². The number of ether oxygens (including phenoxy) is 1. The topological polar surface area (TPSA) is 75.9 Å². The second-order valence-electron chi connectivity index (χ2n) is 9.53. The van der Waals surface area contributed by atoms with Crippen molar-refractivity contribution in [3.8, 4) is 0 Å². The maximum Gasteiger partial charge on any atom is 0.216 e. The number of piperidine rings is 1. The number of hydrogen-bond donors (Lipinski definition) is 1. The van der Waals surface area contributed by atoms with Crippen LogP contribution in [0, 0.1) is 29.2 Å². The van der Waals surface area contributed by atoms with Crippen molar-refractivity contribution >= 4 is 10.0 Å². The van der Waals surface area contributed by atoms with Crippen molar-refractivity contribution in [1.29, 1.82) is 0 Å². The summed E-state index contributed by atoms with van der Waals surface area (Å²) in [7, 11) is -3.21. The van der Waals surface area contributed by atoms with Crippen LogP contribution in [0.15, 0.2) is 6.07 Å². The molecule has 0 aliphatic carbocycles. The number of hydrogen-bond acceptors (Lipinski definition) is 5. The molecule has 3 saturated heterocycles. The van der Waals surface area contributed by atoms with Crippen molar-refractivity contribution in [3.05, 3.63) is 35.4 Å². The average molecular weight is 456 g/mol. The molecule has 0 amide bonds. The Balaban J connectivity index is 1.35. The molecule has 0 bridgehead atoms. The molecule has 2 N–H and O–H groups in total. The lowest BCUT2D eigenvalue weighted by Crippen LogP contribution is -2.50. The smallest absolute Gasteiger partial charge is 0.216 e.